The first kappa shape index (κ1) is 24.5. The molecule has 0 aromatic heterocycles. The monoisotopic (exact) mass is 487 g/mol. The van der Waals surface area contributed by atoms with Gasteiger partial charge in [-0.3, -0.25) is 19.3 Å². The molecule has 2 aliphatic heterocycles. The lowest BCUT2D eigenvalue weighted by atomic mass is 9.80. The molecule has 3 aliphatic rings. The van der Waals surface area contributed by atoms with Gasteiger partial charge in [-0.05, 0) is 86.8 Å². The summed E-state index contributed by atoms with van der Waals surface area (Å²) in [5, 5.41) is 0. The second kappa shape index (κ2) is 10.1. The normalized spacial score (nSPS) is 22.6. The summed E-state index contributed by atoms with van der Waals surface area (Å²) in [6.07, 6.45) is 3.75. The molecule has 2 heterocycles. The quantitative estimate of drug-likeness (QED) is 0.604. The van der Waals surface area contributed by atoms with Crippen LogP contribution in [0.1, 0.15) is 58.3 Å². The third-order valence-electron chi connectivity index (χ3n) is 8.52. The van der Waals surface area contributed by atoms with Crippen LogP contribution in [0.2, 0.25) is 0 Å². The lowest BCUT2D eigenvalue weighted by Gasteiger charge is -2.39. The van der Waals surface area contributed by atoms with Gasteiger partial charge in [-0.2, -0.15) is 0 Å². The van der Waals surface area contributed by atoms with Crippen molar-refractivity contribution in [1.82, 2.24) is 9.80 Å². The summed E-state index contributed by atoms with van der Waals surface area (Å²) < 4.78 is 0. The predicted molar refractivity (Wildman–Crippen MR) is 141 cm³/mol. The Balaban J connectivity index is 1.13. The van der Waals surface area contributed by atoms with Crippen molar-refractivity contribution in [2.75, 3.05) is 37.6 Å². The SMILES string of the molecule is Cc1cc2c(cc1C)C(=O)N(CC1CCC(C(=O)N3CCN(c4ccccc4C)CC3)CC1)C(=O)C2. The van der Waals surface area contributed by atoms with E-state index in [1.807, 2.05) is 30.9 Å². The molecule has 6 heteroatoms. The Morgan fingerprint density at radius 1 is 0.861 bits per heavy atom. The van der Waals surface area contributed by atoms with Gasteiger partial charge in [0.15, 0.2) is 0 Å². The number of hydrogen-bond acceptors (Lipinski definition) is 4. The van der Waals surface area contributed by atoms with E-state index in [2.05, 4.69) is 36.1 Å². The van der Waals surface area contributed by atoms with E-state index in [-0.39, 0.29) is 29.6 Å². The maximum atomic E-state index is 13.2. The van der Waals surface area contributed by atoms with Gasteiger partial charge in [-0.15, -0.1) is 0 Å². The van der Waals surface area contributed by atoms with E-state index < -0.39 is 0 Å². The van der Waals surface area contributed by atoms with Gasteiger partial charge in [0.05, 0.1) is 6.42 Å². The molecule has 1 aliphatic carbocycles. The van der Waals surface area contributed by atoms with Crippen molar-refractivity contribution in [1.29, 1.82) is 0 Å². The third-order valence-corrected chi connectivity index (χ3v) is 8.52. The van der Waals surface area contributed by atoms with E-state index in [0.29, 0.717) is 18.5 Å². The molecule has 3 amide bonds. The van der Waals surface area contributed by atoms with Crippen LogP contribution in [0.4, 0.5) is 5.69 Å². The van der Waals surface area contributed by atoms with Gasteiger partial charge in [-0.1, -0.05) is 24.3 Å². The van der Waals surface area contributed by atoms with E-state index in [1.165, 1.54) is 16.2 Å². The molecule has 2 aromatic rings. The van der Waals surface area contributed by atoms with Crippen LogP contribution >= 0.6 is 0 Å². The van der Waals surface area contributed by atoms with E-state index in [9.17, 15) is 14.4 Å². The van der Waals surface area contributed by atoms with Gasteiger partial charge < -0.3 is 9.80 Å². The first-order valence-electron chi connectivity index (χ1n) is 13.4. The lowest BCUT2D eigenvalue weighted by Crippen LogP contribution is -2.51. The minimum atomic E-state index is -0.158. The van der Waals surface area contributed by atoms with Crippen molar-refractivity contribution < 1.29 is 14.4 Å². The number of hydrogen-bond donors (Lipinski definition) is 0. The predicted octanol–water partition coefficient (Wildman–Crippen LogP) is 4.29. The zero-order chi connectivity index (χ0) is 25.4. The first-order chi connectivity index (χ1) is 17.3. The molecule has 2 aromatic carbocycles. The number of carbonyl (C=O) groups excluding carboxylic acids is 3. The minimum Gasteiger partial charge on any atom is -0.368 e. The van der Waals surface area contributed by atoms with Gasteiger partial charge in [-0.25, -0.2) is 0 Å². The highest BCUT2D eigenvalue weighted by atomic mass is 16.2. The number of piperazine rings is 1. The fourth-order valence-corrected chi connectivity index (χ4v) is 6.12. The largest absolute Gasteiger partial charge is 0.368 e. The summed E-state index contributed by atoms with van der Waals surface area (Å²) in [7, 11) is 0. The number of amides is 3. The molecule has 6 nitrogen and oxygen atoms in total. The van der Waals surface area contributed by atoms with Crippen molar-refractivity contribution in [3.8, 4) is 0 Å². The number of fused-ring (bicyclic) bond motifs is 1. The molecule has 36 heavy (non-hydrogen) atoms. The van der Waals surface area contributed by atoms with Gasteiger partial charge in [0, 0.05) is 49.9 Å². The number of carbonyl (C=O) groups is 3. The smallest absolute Gasteiger partial charge is 0.260 e. The molecular weight excluding hydrogens is 450 g/mol. The molecule has 0 radical (unpaired) electrons. The molecule has 0 atom stereocenters. The molecule has 190 valence electrons. The lowest BCUT2D eigenvalue weighted by molar-refractivity contribution is -0.137. The number of benzene rings is 2. The van der Waals surface area contributed by atoms with Crippen LogP contribution in [-0.4, -0.2) is 60.2 Å². The number of nitrogens with zero attached hydrogens (tertiary/aromatic N) is 3. The molecule has 0 N–H and O–H groups in total. The Morgan fingerprint density at radius 3 is 2.22 bits per heavy atom. The number of rotatable bonds is 4. The summed E-state index contributed by atoms with van der Waals surface area (Å²) in [6, 6.07) is 12.3. The summed E-state index contributed by atoms with van der Waals surface area (Å²) in [6.45, 7) is 9.89. The van der Waals surface area contributed by atoms with E-state index in [4.69, 9.17) is 0 Å². The molecule has 0 spiro atoms. The minimum absolute atomic E-state index is 0.0605. The number of imide groups is 1. The van der Waals surface area contributed by atoms with Crippen molar-refractivity contribution in [3.05, 3.63) is 64.2 Å². The fraction of sp³-hybridized carbons (Fsp3) is 0.500. The van der Waals surface area contributed by atoms with Crippen LogP contribution in [-0.2, 0) is 16.0 Å². The first-order valence-corrected chi connectivity index (χ1v) is 13.4. The summed E-state index contributed by atoms with van der Waals surface area (Å²) in [5.74, 6) is 0.357. The molecule has 1 saturated carbocycles. The van der Waals surface area contributed by atoms with Crippen LogP contribution in [0.5, 0.6) is 0 Å². The fourth-order valence-electron chi connectivity index (χ4n) is 6.12. The Kier molecular flexibility index (Phi) is 6.87. The van der Waals surface area contributed by atoms with Gasteiger partial charge in [0.25, 0.3) is 5.91 Å². The Morgan fingerprint density at radius 2 is 1.53 bits per heavy atom. The highest BCUT2D eigenvalue weighted by molar-refractivity contribution is 6.09. The van der Waals surface area contributed by atoms with Gasteiger partial charge >= 0.3 is 0 Å². The molecule has 0 unspecified atom stereocenters. The summed E-state index contributed by atoms with van der Waals surface area (Å²) in [4.78, 5) is 45.1. The average molecular weight is 488 g/mol. The van der Waals surface area contributed by atoms with E-state index in [0.717, 1.165) is 68.6 Å². The molecule has 5 rings (SSSR count). The second-order valence-electron chi connectivity index (χ2n) is 10.9. The van der Waals surface area contributed by atoms with Crippen molar-refractivity contribution in [3.63, 3.8) is 0 Å². The van der Waals surface area contributed by atoms with Crippen LogP contribution in [0.25, 0.3) is 0 Å². The molecule has 1 saturated heterocycles. The Labute approximate surface area is 214 Å². The topological polar surface area (TPSA) is 60.9 Å². The van der Waals surface area contributed by atoms with E-state index >= 15 is 0 Å². The van der Waals surface area contributed by atoms with E-state index in [1.54, 1.807) is 0 Å². The second-order valence-corrected chi connectivity index (χ2v) is 10.9. The highest BCUT2D eigenvalue weighted by Crippen LogP contribution is 2.33. The molecular formula is C30H37N3O3. The zero-order valence-corrected chi connectivity index (χ0v) is 21.8. The summed E-state index contributed by atoms with van der Waals surface area (Å²) in [5.41, 5.74) is 6.25. The van der Waals surface area contributed by atoms with Gasteiger partial charge in [0.2, 0.25) is 11.8 Å². The molecule has 0 bridgehead atoms. The average Bonchev–Trinajstić information content (AvgIpc) is 2.88. The van der Waals surface area contributed by atoms with Crippen molar-refractivity contribution in [2.45, 2.75) is 52.9 Å². The van der Waals surface area contributed by atoms with Crippen LogP contribution in [0.3, 0.4) is 0 Å². The Bertz CT molecular complexity index is 1170. The third kappa shape index (κ3) is 4.78. The Hall–Kier alpha value is -3.15. The standard InChI is InChI=1S/C30H37N3O3/c1-20-6-4-5-7-27(20)31-12-14-32(15-13-31)29(35)24-10-8-23(9-11-24)19-33-28(34)18-25-16-21(2)22(3)17-26(25)30(33)36/h4-7,16-17,23-24H,8-15,18-19H2,1-3H3. The van der Waals surface area contributed by atoms with Crippen LogP contribution in [0.15, 0.2) is 36.4 Å². The summed E-state index contributed by atoms with van der Waals surface area (Å²) >= 11 is 0. The van der Waals surface area contributed by atoms with Crippen molar-refractivity contribution in [2.24, 2.45) is 11.8 Å². The molecule has 2 fully saturated rings. The number of anilines is 1. The van der Waals surface area contributed by atoms with Crippen molar-refractivity contribution >= 4 is 23.4 Å². The zero-order valence-electron chi connectivity index (χ0n) is 21.8. The number of para-hydroxylation sites is 1. The van der Waals surface area contributed by atoms with Gasteiger partial charge in [0.1, 0.15) is 0 Å². The maximum absolute atomic E-state index is 13.2. The van der Waals surface area contributed by atoms with Crippen LogP contribution in [0, 0.1) is 32.6 Å². The maximum Gasteiger partial charge on any atom is 0.260 e. The van der Waals surface area contributed by atoms with Crippen LogP contribution < -0.4 is 4.90 Å². The number of aryl methyl sites for hydroxylation is 3. The highest BCUT2D eigenvalue weighted by Gasteiger charge is 2.36.